The number of rotatable bonds is 3. The molecular weight excluding hydrogens is 268 g/mol. The zero-order chi connectivity index (χ0) is 14.8. The van der Waals surface area contributed by atoms with Crippen molar-refractivity contribution in [3.8, 4) is 11.5 Å². The predicted octanol–water partition coefficient (Wildman–Crippen LogP) is 3.25. The number of nitrogens with two attached hydrogens (primary N) is 1. The van der Waals surface area contributed by atoms with Crippen molar-refractivity contribution >= 4 is 22.8 Å². The van der Waals surface area contributed by atoms with Crippen molar-refractivity contribution in [3.05, 3.63) is 48.0 Å². The summed E-state index contributed by atoms with van der Waals surface area (Å²) in [6.45, 7) is 2.13. The summed E-state index contributed by atoms with van der Waals surface area (Å²) in [5.41, 5.74) is 9.02. The first kappa shape index (κ1) is 13.2. The van der Waals surface area contributed by atoms with Crippen LogP contribution < -0.4 is 5.73 Å². The molecule has 5 nitrogen and oxygen atoms in total. The molecular formula is C16H14N2O3. The zero-order valence-electron chi connectivity index (χ0n) is 11.5. The molecule has 0 fully saturated rings. The number of hydrogen-bond acceptors (Lipinski definition) is 5. The van der Waals surface area contributed by atoms with Gasteiger partial charge < -0.3 is 14.9 Å². The lowest BCUT2D eigenvalue weighted by atomic mass is 10.1. The molecule has 3 rings (SSSR count). The molecule has 0 aliphatic heterocycles. The van der Waals surface area contributed by atoms with Crippen molar-refractivity contribution in [3.63, 3.8) is 0 Å². The Kier molecular flexibility index (Phi) is 3.31. The number of anilines is 1. The third-order valence-corrected chi connectivity index (χ3v) is 3.06. The molecule has 1 aromatic heterocycles. The average Bonchev–Trinajstić information content (AvgIpc) is 2.90. The Morgan fingerprint density at radius 3 is 2.71 bits per heavy atom. The standard InChI is InChI=1S/C16H14N2O3/c1-2-20-16(19)11-5-3-10(4-6-11)15-18-13-8-7-12(17)9-14(13)21-15/h3-9H,2,17H2,1H3. The number of benzene rings is 2. The summed E-state index contributed by atoms with van der Waals surface area (Å²) in [6, 6.07) is 12.3. The lowest BCUT2D eigenvalue weighted by Crippen LogP contribution is -2.03. The van der Waals surface area contributed by atoms with Gasteiger partial charge in [0.05, 0.1) is 12.2 Å². The monoisotopic (exact) mass is 282 g/mol. The Bertz CT molecular complexity index is 791. The van der Waals surface area contributed by atoms with E-state index in [2.05, 4.69) is 4.98 Å². The Hall–Kier alpha value is -2.82. The quantitative estimate of drug-likeness (QED) is 0.589. The van der Waals surface area contributed by atoms with Crippen molar-refractivity contribution in [2.75, 3.05) is 12.3 Å². The number of ether oxygens (including phenoxy) is 1. The lowest BCUT2D eigenvalue weighted by Gasteiger charge is -2.01. The fourth-order valence-electron chi connectivity index (χ4n) is 2.03. The summed E-state index contributed by atoms with van der Waals surface area (Å²) in [5, 5.41) is 0. The molecule has 0 radical (unpaired) electrons. The van der Waals surface area contributed by atoms with Gasteiger partial charge in [0.25, 0.3) is 0 Å². The maximum Gasteiger partial charge on any atom is 0.338 e. The lowest BCUT2D eigenvalue weighted by molar-refractivity contribution is 0.0526. The second-order valence-electron chi connectivity index (χ2n) is 4.54. The van der Waals surface area contributed by atoms with E-state index in [0.29, 0.717) is 29.3 Å². The van der Waals surface area contributed by atoms with Crippen LogP contribution in [-0.4, -0.2) is 17.6 Å². The number of nitrogens with zero attached hydrogens (tertiary/aromatic N) is 1. The van der Waals surface area contributed by atoms with Crippen molar-refractivity contribution in [2.24, 2.45) is 0 Å². The summed E-state index contributed by atoms with van der Waals surface area (Å²) in [7, 11) is 0. The van der Waals surface area contributed by atoms with Crippen LogP contribution in [0.4, 0.5) is 5.69 Å². The number of carbonyl (C=O) groups excluding carboxylic acids is 1. The summed E-state index contributed by atoms with van der Waals surface area (Å²) >= 11 is 0. The first-order valence-corrected chi connectivity index (χ1v) is 6.61. The Balaban J connectivity index is 1.93. The van der Waals surface area contributed by atoms with Crippen molar-refractivity contribution < 1.29 is 13.9 Å². The van der Waals surface area contributed by atoms with Gasteiger partial charge in [-0.1, -0.05) is 0 Å². The number of oxazole rings is 1. The first-order valence-electron chi connectivity index (χ1n) is 6.61. The Morgan fingerprint density at radius 1 is 1.24 bits per heavy atom. The van der Waals surface area contributed by atoms with Crippen molar-refractivity contribution in [1.82, 2.24) is 4.98 Å². The van der Waals surface area contributed by atoms with Gasteiger partial charge in [0.15, 0.2) is 5.58 Å². The number of nitrogen functional groups attached to an aromatic ring is 1. The minimum absolute atomic E-state index is 0.339. The molecule has 2 N–H and O–H groups in total. The van der Waals surface area contributed by atoms with Crippen LogP contribution in [0.1, 0.15) is 17.3 Å². The molecule has 106 valence electrons. The molecule has 0 spiro atoms. The predicted molar refractivity (Wildman–Crippen MR) is 79.8 cm³/mol. The number of hydrogen-bond donors (Lipinski definition) is 1. The van der Waals surface area contributed by atoms with Gasteiger partial charge >= 0.3 is 5.97 Å². The molecule has 5 heteroatoms. The molecule has 1 heterocycles. The second-order valence-corrected chi connectivity index (χ2v) is 4.54. The van der Waals surface area contributed by atoms with E-state index in [0.717, 1.165) is 11.1 Å². The minimum Gasteiger partial charge on any atom is -0.462 e. The molecule has 0 aliphatic carbocycles. The van der Waals surface area contributed by atoms with E-state index in [1.807, 2.05) is 6.07 Å². The van der Waals surface area contributed by atoms with Crippen LogP contribution in [0.5, 0.6) is 0 Å². The SMILES string of the molecule is CCOC(=O)c1ccc(-c2nc3ccc(N)cc3o2)cc1. The van der Waals surface area contributed by atoms with E-state index in [4.69, 9.17) is 14.9 Å². The second kappa shape index (κ2) is 5.28. The molecule has 0 atom stereocenters. The van der Waals surface area contributed by atoms with Crippen LogP contribution in [-0.2, 0) is 4.74 Å². The van der Waals surface area contributed by atoms with Crippen molar-refractivity contribution in [2.45, 2.75) is 6.92 Å². The number of fused-ring (bicyclic) bond motifs is 1. The number of aromatic nitrogens is 1. The molecule has 0 amide bonds. The van der Waals surface area contributed by atoms with Gasteiger partial charge in [0.1, 0.15) is 5.52 Å². The molecule has 2 aromatic carbocycles. The number of carbonyl (C=O) groups is 1. The van der Waals surface area contributed by atoms with Gasteiger partial charge in [0, 0.05) is 17.3 Å². The molecule has 0 aliphatic rings. The van der Waals surface area contributed by atoms with Gasteiger partial charge in [-0.2, -0.15) is 0 Å². The van der Waals surface area contributed by atoms with E-state index < -0.39 is 0 Å². The Morgan fingerprint density at radius 2 is 2.00 bits per heavy atom. The van der Waals surface area contributed by atoms with Gasteiger partial charge in [-0.05, 0) is 43.3 Å². The van der Waals surface area contributed by atoms with E-state index in [-0.39, 0.29) is 5.97 Å². The van der Waals surface area contributed by atoms with Crippen LogP contribution in [0.15, 0.2) is 46.9 Å². The minimum atomic E-state index is -0.339. The smallest absolute Gasteiger partial charge is 0.338 e. The van der Waals surface area contributed by atoms with Gasteiger partial charge in [-0.25, -0.2) is 9.78 Å². The molecule has 3 aromatic rings. The number of esters is 1. The summed E-state index contributed by atoms with van der Waals surface area (Å²) < 4.78 is 10.6. The summed E-state index contributed by atoms with van der Waals surface area (Å²) in [4.78, 5) is 16.0. The van der Waals surface area contributed by atoms with Gasteiger partial charge in [-0.15, -0.1) is 0 Å². The summed E-state index contributed by atoms with van der Waals surface area (Å²) in [5.74, 6) is 0.153. The molecule has 0 saturated heterocycles. The normalized spacial score (nSPS) is 10.7. The fourth-order valence-corrected chi connectivity index (χ4v) is 2.03. The third-order valence-electron chi connectivity index (χ3n) is 3.06. The zero-order valence-corrected chi connectivity index (χ0v) is 11.5. The van der Waals surface area contributed by atoms with E-state index >= 15 is 0 Å². The van der Waals surface area contributed by atoms with Crippen LogP contribution in [0, 0.1) is 0 Å². The first-order chi connectivity index (χ1) is 10.2. The van der Waals surface area contributed by atoms with Crippen molar-refractivity contribution in [1.29, 1.82) is 0 Å². The average molecular weight is 282 g/mol. The Labute approximate surface area is 121 Å². The molecule has 21 heavy (non-hydrogen) atoms. The largest absolute Gasteiger partial charge is 0.462 e. The molecule has 0 bridgehead atoms. The van der Waals surface area contributed by atoms with Gasteiger partial charge in [0.2, 0.25) is 5.89 Å². The highest BCUT2D eigenvalue weighted by Gasteiger charge is 2.10. The van der Waals surface area contributed by atoms with Crippen LogP contribution >= 0.6 is 0 Å². The maximum atomic E-state index is 11.6. The third kappa shape index (κ3) is 2.58. The van der Waals surface area contributed by atoms with E-state index in [1.54, 1.807) is 43.3 Å². The molecule has 0 unspecified atom stereocenters. The van der Waals surface area contributed by atoms with Crippen LogP contribution in [0.3, 0.4) is 0 Å². The highest BCUT2D eigenvalue weighted by Crippen LogP contribution is 2.25. The van der Waals surface area contributed by atoms with E-state index in [9.17, 15) is 4.79 Å². The maximum absolute atomic E-state index is 11.6. The highest BCUT2D eigenvalue weighted by atomic mass is 16.5. The van der Waals surface area contributed by atoms with Crippen LogP contribution in [0.25, 0.3) is 22.6 Å². The fraction of sp³-hybridized carbons (Fsp3) is 0.125. The van der Waals surface area contributed by atoms with Crippen LogP contribution in [0.2, 0.25) is 0 Å². The summed E-state index contributed by atoms with van der Waals surface area (Å²) in [6.07, 6.45) is 0. The highest BCUT2D eigenvalue weighted by molar-refractivity contribution is 5.90. The molecule has 0 saturated carbocycles. The topological polar surface area (TPSA) is 78.3 Å². The van der Waals surface area contributed by atoms with E-state index in [1.165, 1.54) is 0 Å². The van der Waals surface area contributed by atoms with Gasteiger partial charge in [-0.3, -0.25) is 0 Å².